The monoisotopic (exact) mass is 216 g/mol. The average molecular weight is 217 g/mol. The number of carbonyl (C=O) groups excluding carboxylic acids is 1. The van der Waals surface area contributed by atoms with Gasteiger partial charge in [0.2, 0.25) is 0 Å². The van der Waals surface area contributed by atoms with Gasteiger partial charge in [0, 0.05) is 19.0 Å². The molecule has 0 N–H and O–H groups in total. The molecule has 0 aliphatic carbocycles. The second-order valence-corrected chi connectivity index (χ2v) is 3.52. The van der Waals surface area contributed by atoms with Crippen LogP contribution < -0.4 is 0 Å². The normalized spacial score (nSPS) is 12.6. The van der Waals surface area contributed by atoms with Gasteiger partial charge in [-0.05, 0) is 13.8 Å². The summed E-state index contributed by atoms with van der Waals surface area (Å²) in [7, 11) is 1.71. The second kappa shape index (κ2) is 4.46. The third kappa shape index (κ3) is 2.07. The largest absolute Gasteiger partial charge is 0.361 e. The van der Waals surface area contributed by atoms with Crippen LogP contribution in [-0.2, 0) is 0 Å². The number of aryl methyl sites for hydroxylation is 1. The van der Waals surface area contributed by atoms with Crippen LogP contribution in [0.25, 0.3) is 0 Å². The van der Waals surface area contributed by atoms with Crippen LogP contribution in [-0.4, -0.2) is 34.9 Å². The number of amides is 1. The molecule has 5 heteroatoms. The molecule has 78 valence electrons. The summed E-state index contributed by atoms with van der Waals surface area (Å²) in [6.07, 6.45) is 1.43. The maximum atomic E-state index is 11.8. The lowest BCUT2D eigenvalue weighted by Crippen LogP contribution is -2.36. The van der Waals surface area contributed by atoms with Crippen molar-refractivity contribution in [1.82, 2.24) is 10.1 Å². The molecule has 1 aromatic heterocycles. The number of hydrogen-bond acceptors (Lipinski definition) is 3. The Bertz CT molecular complexity index is 324. The SMILES string of the molecule is Cc1oncc1C(=O)N(C)C(C)CCl. The van der Waals surface area contributed by atoms with E-state index in [1.165, 1.54) is 6.20 Å². The van der Waals surface area contributed by atoms with Gasteiger partial charge in [0.1, 0.15) is 11.3 Å². The van der Waals surface area contributed by atoms with E-state index in [2.05, 4.69) is 5.16 Å². The van der Waals surface area contributed by atoms with Crippen molar-refractivity contribution in [2.24, 2.45) is 0 Å². The summed E-state index contributed by atoms with van der Waals surface area (Å²) in [5, 5.41) is 3.55. The fraction of sp³-hybridized carbons (Fsp3) is 0.556. The number of carbonyl (C=O) groups is 1. The summed E-state index contributed by atoms with van der Waals surface area (Å²) in [6, 6.07) is -0.00142. The fourth-order valence-corrected chi connectivity index (χ4v) is 1.20. The molecule has 0 spiro atoms. The van der Waals surface area contributed by atoms with Crippen LogP contribution in [0.15, 0.2) is 10.7 Å². The molecule has 0 bridgehead atoms. The van der Waals surface area contributed by atoms with Gasteiger partial charge in [0.25, 0.3) is 5.91 Å². The number of halogens is 1. The summed E-state index contributed by atoms with van der Waals surface area (Å²) in [6.45, 7) is 3.59. The van der Waals surface area contributed by atoms with Crippen molar-refractivity contribution in [3.8, 4) is 0 Å². The summed E-state index contributed by atoms with van der Waals surface area (Å²) in [5.41, 5.74) is 0.490. The van der Waals surface area contributed by atoms with Crippen LogP contribution in [0.5, 0.6) is 0 Å². The van der Waals surface area contributed by atoms with E-state index in [0.29, 0.717) is 17.2 Å². The Hall–Kier alpha value is -1.03. The van der Waals surface area contributed by atoms with E-state index in [4.69, 9.17) is 16.1 Å². The quantitative estimate of drug-likeness (QED) is 0.723. The molecule has 0 saturated carbocycles. The first kappa shape index (κ1) is 11.0. The number of alkyl halides is 1. The van der Waals surface area contributed by atoms with Crippen molar-refractivity contribution in [1.29, 1.82) is 0 Å². The highest BCUT2D eigenvalue weighted by Crippen LogP contribution is 2.11. The summed E-state index contributed by atoms with van der Waals surface area (Å²) >= 11 is 5.66. The number of rotatable bonds is 3. The van der Waals surface area contributed by atoms with Gasteiger partial charge in [0.05, 0.1) is 6.20 Å². The van der Waals surface area contributed by atoms with E-state index in [0.717, 1.165) is 0 Å². The summed E-state index contributed by atoms with van der Waals surface area (Å²) in [4.78, 5) is 13.4. The van der Waals surface area contributed by atoms with Gasteiger partial charge in [-0.3, -0.25) is 4.79 Å². The van der Waals surface area contributed by atoms with Gasteiger partial charge in [-0.15, -0.1) is 11.6 Å². The topological polar surface area (TPSA) is 46.3 Å². The Morgan fingerprint density at radius 1 is 1.79 bits per heavy atom. The van der Waals surface area contributed by atoms with Crippen LogP contribution in [0.3, 0.4) is 0 Å². The zero-order valence-electron chi connectivity index (χ0n) is 8.45. The molecule has 0 aliphatic rings. The Labute approximate surface area is 87.8 Å². The summed E-state index contributed by atoms with van der Waals surface area (Å²) < 4.78 is 4.82. The lowest BCUT2D eigenvalue weighted by Gasteiger charge is -2.22. The first-order chi connectivity index (χ1) is 6.57. The van der Waals surface area contributed by atoms with Crippen molar-refractivity contribution in [3.05, 3.63) is 17.5 Å². The molecule has 1 unspecified atom stereocenters. The van der Waals surface area contributed by atoms with Crippen molar-refractivity contribution < 1.29 is 9.32 Å². The van der Waals surface area contributed by atoms with Crippen LogP contribution in [0.4, 0.5) is 0 Å². The van der Waals surface area contributed by atoms with Gasteiger partial charge >= 0.3 is 0 Å². The minimum absolute atomic E-state index is 0.00142. The molecule has 1 aromatic rings. The Balaban J connectivity index is 2.81. The zero-order chi connectivity index (χ0) is 10.7. The molecular weight excluding hydrogens is 204 g/mol. The first-order valence-corrected chi connectivity index (χ1v) is 4.85. The van der Waals surface area contributed by atoms with Gasteiger partial charge in [-0.1, -0.05) is 5.16 Å². The predicted octanol–water partition coefficient (Wildman–Crippen LogP) is 1.68. The molecule has 0 saturated heterocycles. The van der Waals surface area contributed by atoms with Gasteiger partial charge in [0.15, 0.2) is 0 Å². The highest BCUT2D eigenvalue weighted by molar-refractivity contribution is 6.18. The minimum Gasteiger partial charge on any atom is -0.361 e. The van der Waals surface area contributed by atoms with Crippen molar-refractivity contribution >= 4 is 17.5 Å². The average Bonchev–Trinajstić information content (AvgIpc) is 2.61. The van der Waals surface area contributed by atoms with E-state index < -0.39 is 0 Å². The molecule has 0 aliphatic heterocycles. The van der Waals surface area contributed by atoms with E-state index in [1.54, 1.807) is 18.9 Å². The lowest BCUT2D eigenvalue weighted by atomic mass is 10.2. The molecule has 0 fully saturated rings. The highest BCUT2D eigenvalue weighted by Gasteiger charge is 2.20. The van der Waals surface area contributed by atoms with Crippen LogP contribution in [0, 0.1) is 6.92 Å². The lowest BCUT2D eigenvalue weighted by molar-refractivity contribution is 0.0755. The van der Waals surface area contributed by atoms with E-state index in [1.807, 2.05) is 6.92 Å². The summed E-state index contributed by atoms with van der Waals surface area (Å²) in [5.74, 6) is 0.826. The standard InChI is InChI=1S/C9H13ClN2O2/c1-6(4-10)12(3)9(13)8-5-11-14-7(8)2/h5-6H,4H2,1-3H3. The van der Waals surface area contributed by atoms with Crippen molar-refractivity contribution in [2.45, 2.75) is 19.9 Å². The molecule has 1 amide bonds. The number of hydrogen-bond donors (Lipinski definition) is 0. The molecule has 0 aromatic carbocycles. The second-order valence-electron chi connectivity index (χ2n) is 3.22. The molecule has 1 heterocycles. The minimum atomic E-state index is -0.114. The highest BCUT2D eigenvalue weighted by atomic mass is 35.5. The van der Waals surface area contributed by atoms with Crippen molar-refractivity contribution in [3.63, 3.8) is 0 Å². The Morgan fingerprint density at radius 3 is 2.86 bits per heavy atom. The molecule has 4 nitrogen and oxygen atoms in total. The number of aromatic nitrogens is 1. The Morgan fingerprint density at radius 2 is 2.43 bits per heavy atom. The van der Waals surface area contributed by atoms with Gasteiger partial charge in [-0.2, -0.15) is 0 Å². The van der Waals surface area contributed by atoms with Crippen molar-refractivity contribution in [2.75, 3.05) is 12.9 Å². The third-order valence-electron chi connectivity index (χ3n) is 2.19. The van der Waals surface area contributed by atoms with Gasteiger partial charge < -0.3 is 9.42 Å². The first-order valence-electron chi connectivity index (χ1n) is 4.32. The van der Waals surface area contributed by atoms with E-state index in [9.17, 15) is 4.79 Å². The molecule has 1 rings (SSSR count). The molecule has 14 heavy (non-hydrogen) atoms. The van der Waals surface area contributed by atoms with E-state index in [-0.39, 0.29) is 11.9 Å². The third-order valence-corrected chi connectivity index (χ3v) is 2.63. The smallest absolute Gasteiger partial charge is 0.259 e. The number of nitrogens with zero attached hydrogens (tertiary/aromatic N) is 2. The molecule has 1 atom stereocenters. The van der Waals surface area contributed by atoms with Crippen LogP contribution >= 0.6 is 11.6 Å². The van der Waals surface area contributed by atoms with Crippen LogP contribution in [0.1, 0.15) is 23.0 Å². The van der Waals surface area contributed by atoms with E-state index >= 15 is 0 Å². The maximum Gasteiger partial charge on any atom is 0.259 e. The molecule has 0 radical (unpaired) electrons. The maximum absolute atomic E-state index is 11.8. The molecular formula is C9H13ClN2O2. The zero-order valence-corrected chi connectivity index (χ0v) is 9.21. The van der Waals surface area contributed by atoms with Gasteiger partial charge in [-0.25, -0.2) is 0 Å². The fourth-order valence-electron chi connectivity index (χ4n) is 0.998. The van der Waals surface area contributed by atoms with Crippen LogP contribution in [0.2, 0.25) is 0 Å². The predicted molar refractivity (Wildman–Crippen MR) is 53.5 cm³/mol. The Kier molecular flexibility index (Phi) is 3.52.